The predicted molar refractivity (Wildman–Crippen MR) is 123 cm³/mol. The molecular formula is C25H21N3O5. The molecule has 0 unspecified atom stereocenters. The lowest BCUT2D eigenvalue weighted by Gasteiger charge is -2.27. The summed E-state index contributed by atoms with van der Waals surface area (Å²) < 4.78 is 13.5. The van der Waals surface area contributed by atoms with E-state index in [2.05, 4.69) is 0 Å². The highest BCUT2D eigenvalue weighted by molar-refractivity contribution is 6.25. The first-order chi connectivity index (χ1) is 15.8. The van der Waals surface area contributed by atoms with Crippen LogP contribution in [0.15, 0.2) is 68.7 Å². The molecule has 1 aromatic heterocycles. The fraction of sp³-hybridized carbons (Fsp3) is 0.200. The van der Waals surface area contributed by atoms with Gasteiger partial charge in [0.05, 0.1) is 18.4 Å². The van der Waals surface area contributed by atoms with Gasteiger partial charge in [-0.15, -0.1) is 0 Å². The van der Waals surface area contributed by atoms with Crippen LogP contribution in [0.3, 0.4) is 0 Å². The molecule has 1 atom stereocenters. The number of allylic oxidation sites excluding steroid dienone is 1. The summed E-state index contributed by atoms with van der Waals surface area (Å²) in [6, 6.07) is 14.8. The Labute approximate surface area is 189 Å². The van der Waals surface area contributed by atoms with Crippen LogP contribution >= 0.6 is 0 Å². The van der Waals surface area contributed by atoms with Crippen molar-refractivity contribution in [3.8, 4) is 5.75 Å². The van der Waals surface area contributed by atoms with Crippen molar-refractivity contribution in [1.29, 1.82) is 0 Å². The molecule has 0 spiro atoms. The van der Waals surface area contributed by atoms with Crippen LogP contribution in [0.1, 0.15) is 35.1 Å². The molecule has 8 nitrogen and oxygen atoms in total. The number of aromatic nitrogens is 2. The van der Waals surface area contributed by atoms with Crippen LogP contribution in [0.25, 0.3) is 5.76 Å². The van der Waals surface area contributed by atoms with Crippen LogP contribution in [0.2, 0.25) is 0 Å². The maximum Gasteiger partial charge on any atom is 0.332 e. The number of fused-ring (bicyclic) bond motifs is 4. The molecule has 0 saturated carbocycles. The van der Waals surface area contributed by atoms with Gasteiger partial charge in [-0.2, -0.15) is 0 Å². The first kappa shape index (κ1) is 20.7. The van der Waals surface area contributed by atoms with Crippen molar-refractivity contribution >= 4 is 23.3 Å². The first-order valence-corrected chi connectivity index (χ1v) is 10.4. The first-order valence-electron chi connectivity index (χ1n) is 10.4. The Balaban J connectivity index is 1.92. The summed E-state index contributed by atoms with van der Waals surface area (Å²) in [4.78, 5) is 42.9. The van der Waals surface area contributed by atoms with Crippen LogP contribution in [0.5, 0.6) is 5.75 Å². The third-order valence-electron chi connectivity index (χ3n) is 6.08. The number of hydrogen-bond acceptors (Lipinski definition) is 6. The number of methoxy groups -OCH3 is 1. The Hall–Kier alpha value is -4.20. The number of carbonyl (C=O) groups excluding carboxylic acids is 1. The fourth-order valence-corrected chi connectivity index (χ4v) is 4.55. The van der Waals surface area contributed by atoms with Crippen molar-refractivity contribution in [2.24, 2.45) is 19.1 Å². The van der Waals surface area contributed by atoms with Crippen LogP contribution in [0, 0.1) is 0 Å². The molecule has 2 heterocycles. The van der Waals surface area contributed by atoms with E-state index in [0.717, 1.165) is 21.3 Å². The van der Waals surface area contributed by atoms with Crippen molar-refractivity contribution < 1.29 is 14.3 Å². The second-order valence-electron chi connectivity index (χ2n) is 7.99. The van der Waals surface area contributed by atoms with E-state index in [0.29, 0.717) is 34.2 Å². The van der Waals surface area contributed by atoms with Gasteiger partial charge in [0.25, 0.3) is 5.56 Å². The van der Waals surface area contributed by atoms with E-state index < -0.39 is 23.1 Å². The Kier molecular flexibility index (Phi) is 4.67. The summed E-state index contributed by atoms with van der Waals surface area (Å²) in [5.74, 6) is 0.258. The van der Waals surface area contributed by atoms with Crippen molar-refractivity contribution in [3.05, 3.63) is 97.2 Å². The van der Waals surface area contributed by atoms with Gasteiger partial charge < -0.3 is 9.47 Å². The highest BCUT2D eigenvalue weighted by Crippen LogP contribution is 2.48. The van der Waals surface area contributed by atoms with Crippen LogP contribution in [-0.4, -0.2) is 27.9 Å². The number of benzene rings is 2. The summed E-state index contributed by atoms with van der Waals surface area (Å²) in [5.41, 5.74) is 2.93. The number of nitrogens with zero attached hydrogens (tertiary/aromatic N) is 3. The molecule has 1 aliphatic carbocycles. The highest BCUT2D eigenvalue weighted by atomic mass is 16.5. The summed E-state index contributed by atoms with van der Waals surface area (Å²) in [5, 5.41) is 0. The smallest absolute Gasteiger partial charge is 0.332 e. The lowest BCUT2D eigenvalue weighted by Crippen LogP contribution is -2.41. The molecule has 1 aliphatic heterocycles. The lowest BCUT2D eigenvalue weighted by molar-refractivity contribution is -0.134. The molecule has 0 N–H and O–H groups in total. The minimum absolute atomic E-state index is 0.293. The van der Waals surface area contributed by atoms with Gasteiger partial charge in [0.15, 0.2) is 0 Å². The topological polar surface area (TPSA) is 91.9 Å². The molecule has 166 valence electrons. The van der Waals surface area contributed by atoms with E-state index in [9.17, 15) is 14.4 Å². The third-order valence-corrected chi connectivity index (χ3v) is 6.08. The Morgan fingerprint density at radius 1 is 0.970 bits per heavy atom. The number of esters is 1. The van der Waals surface area contributed by atoms with E-state index in [1.807, 2.05) is 36.4 Å². The van der Waals surface area contributed by atoms with E-state index >= 15 is 0 Å². The Bertz CT molecular complexity index is 1510. The second kappa shape index (κ2) is 7.44. The van der Waals surface area contributed by atoms with E-state index in [1.165, 1.54) is 18.5 Å². The van der Waals surface area contributed by atoms with Crippen molar-refractivity contribution in [2.45, 2.75) is 12.8 Å². The van der Waals surface area contributed by atoms with Gasteiger partial charge in [0.2, 0.25) is 0 Å². The summed E-state index contributed by atoms with van der Waals surface area (Å²) in [7, 11) is 4.62. The van der Waals surface area contributed by atoms with Gasteiger partial charge in [-0.05, 0) is 17.7 Å². The molecule has 2 aliphatic rings. The van der Waals surface area contributed by atoms with Crippen LogP contribution < -0.4 is 16.0 Å². The summed E-state index contributed by atoms with van der Waals surface area (Å²) in [6.45, 7) is 1.34. The van der Waals surface area contributed by atoms with Crippen molar-refractivity contribution in [1.82, 2.24) is 9.13 Å². The van der Waals surface area contributed by atoms with Gasteiger partial charge in [-0.1, -0.05) is 36.4 Å². The molecule has 5 rings (SSSR count). The standard InChI is InChI=1S/C25H21N3O5/c1-13(29)33-22-17-8-6-5-7-16(17)21-19(22)18(14-9-11-15(32-4)12-10-14)20-23(26-21)27(2)25(31)28(3)24(20)30/h5-12,18H,1-4H3/t18-/m1/s1. The normalized spacial score (nSPS) is 16.0. The molecule has 33 heavy (non-hydrogen) atoms. The van der Waals surface area contributed by atoms with E-state index in [-0.39, 0.29) is 0 Å². The lowest BCUT2D eigenvalue weighted by atomic mass is 9.81. The third kappa shape index (κ3) is 2.98. The minimum Gasteiger partial charge on any atom is -0.497 e. The summed E-state index contributed by atoms with van der Waals surface area (Å²) in [6.07, 6.45) is 0. The minimum atomic E-state index is -0.606. The molecule has 0 radical (unpaired) electrons. The van der Waals surface area contributed by atoms with E-state index in [4.69, 9.17) is 14.5 Å². The Morgan fingerprint density at radius 2 is 1.64 bits per heavy atom. The SMILES string of the molecule is COc1ccc([C@@H]2C3=C(OC(C)=O)c4ccccc4C3=Nc3c2c(=O)n(C)c(=O)n3C)cc1. The molecule has 2 aromatic carbocycles. The van der Waals surface area contributed by atoms with Gasteiger partial charge in [-0.3, -0.25) is 18.7 Å². The highest BCUT2D eigenvalue weighted by Gasteiger charge is 2.42. The molecule has 3 aromatic rings. The number of carbonyl (C=O) groups is 1. The monoisotopic (exact) mass is 443 g/mol. The van der Waals surface area contributed by atoms with Crippen molar-refractivity contribution in [2.75, 3.05) is 7.11 Å². The summed E-state index contributed by atoms with van der Waals surface area (Å²) >= 11 is 0. The maximum atomic E-state index is 13.4. The Morgan fingerprint density at radius 3 is 2.27 bits per heavy atom. The fourth-order valence-electron chi connectivity index (χ4n) is 4.55. The number of hydrogen-bond donors (Lipinski definition) is 0. The second-order valence-corrected chi connectivity index (χ2v) is 7.99. The molecule has 0 amide bonds. The van der Waals surface area contributed by atoms with Gasteiger partial charge in [-0.25, -0.2) is 9.79 Å². The van der Waals surface area contributed by atoms with Crippen molar-refractivity contribution in [3.63, 3.8) is 0 Å². The number of rotatable bonds is 3. The zero-order chi connectivity index (χ0) is 23.4. The predicted octanol–water partition coefficient (Wildman–Crippen LogP) is 2.65. The number of ether oxygens (including phenoxy) is 2. The van der Waals surface area contributed by atoms with Gasteiger partial charge in [0, 0.05) is 43.6 Å². The molecule has 0 fully saturated rings. The van der Waals surface area contributed by atoms with Crippen LogP contribution in [-0.2, 0) is 23.6 Å². The average molecular weight is 443 g/mol. The molecule has 8 heteroatoms. The zero-order valence-electron chi connectivity index (χ0n) is 18.6. The molecule has 0 saturated heterocycles. The largest absolute Gasteiger partial charge is 0.497 e. The number of aliphatic imine (C=N–C) groups is 1. The van der Waals surface area contributed by atoms with E-state index in [1.54, 1.807) is 26.3 Å². The van der Waals surface area contributed by atoms with Gasteiger partial charge >= 0.3 is 11.7 Å². The maximum absolute atomic E-state index is 13.4. The zero-order valence-corrected chi connectivity index (χ0v) is 18.6. The molecule has 0 bridgehead atoms. The average Bonchev–Trinajstić information content (AvgIpc) is 3.13. The quantitative estimate of drug-likeness (QED) is 0.581. The van der Waals surface area contributed by atoms with Crippen LogP contribution in [0.4, 0.5) is 5.82 Å². The molecular weight excluding hydrogens is 422 g/mol. The van der Waals surface area contributed by atoms with Gasteiger partial charge in [0.1, 0.15) is 17.3 Å².